The molecule has 0 fully saturated rings. The van der Waals surface area contributed by atoms with Crippen molar-refractivity contribution in [3.63, 3.8) is 0 Å². The Morgan fingerprint density at radius 3 is 2.85 bits per heavy atom. The molecular formula is C14H9F2N3O. The van der Waals surface area contributed by atoms with Crippen LogP contribution in [0, 0.1) is 23.0 Å². The molecule has 1 aromatic heterocycles. The van der Waals surface area contributed by atoms with Crippen LogP contribution in [0.3, 0.4) is 0 Å². The molecule has 20 heavy (non-hydrogen) atoms. The van der Waals surface area contributed by atoms with Gasteiger partial charge < -0.3 is 5.32 Å². The maximum Gasteiger partial charge on any atom is 0.251 e. The third-order valence-corrected chi connectivity index (χ3v) is 2.58. The fourth-order valence-corrected chi connectivity index (χ4v) is 1.61. The third kappa shape index (κ3) is 3.14. The summed E-state index contributed by atoms with van der Waals surface area (Å²) in [6, 6.07) is 6.50. The lowest BCUT2D eigenvalue weighted by molar-refractivity contribution is 0.0950. The number of nitrogens with zero attached hydrogens (tertiary/aromatic N) is 2. The molecule has 0 aliphatic rings. The first-order valence-electron chi connectivity index (χ1n) is 5.67. The van der Waals surface area contributed by atoms with Gasteiger partial charge >= 0.3 is 0 Å². The Bertz CT molecular complexity index is 695. The standard InChI is InChI=1S/C14H9F2N3O/c15-12-4-9(6-17)3-11(5-12)14(20)19-7-10-1-2-18-8-13(10)16/h1-5,8H,7H2,(H,19,20). The van der Waals surface area contributed by atoms with Crippen LogP contribution in [0.4, 0.5) is 8.78 Å². The number of amides is 1. The second-order valence-electron chi connectivity index (χ2n) is 3.99. The molecule has 1 aromatic carbocycles. The molecule has 1 amide bonds. The number of benzene rings is 1. The van der Waals surface area contributed by atoms with E-state index in [0.717, 1.165) is 18.3 Å². The molecule has 0 aliphatic heterocycles. The highest BCUT2D eigenvalue weighted by Gasteiger charge is 2.10. The lowest BCUT2D eigenvalue weighted by Crippen LogP contribution is -2.23. The van der Waals surface area contributed by atoms with Gasteiger partial charge in [0.15, 0.2) is 0 Å². The van der Waals surface area contributed by atoms with E-state index >= 15 is 0 Å². The molecule has 0 spiro atoms. The van der Waals surface area contributed by atoms with Gasteiger partial charge in [0, 0.05) is 23.9 Å². The van der Waals surface area contributed by atoms with Gasteiger partial charge in [-0.15, -0.1) is 0 Å². The zero-order valence-corrected chi connectivity index (χ0v) is 10.2. The average molecular weight is 273 g/mol. The van der Waals surface area contributed by atoms with Crippen LogP contribution in [0.25, 0.3) is 0 Å². The second kappa shape index (κ2) is 5.89. The van der Waals surface area contributed by atoms with Crippen molar-refractivity contribution in [2.24, 2.45) is 0 Å². The minimum Gasteiger partial charge on any atom is -0.348 e. The van der Waals surface area contributed by atoms with Crippen LogP contribution in [-0.4, -0.2) is 10.9 Å². The summed E-state index contributed by atoms with van der Waals surface area (Å²) in [6.45, 7) is -0.0500. The number of carbonyl (C=O) groups excluding carboxylic acids is 1. The highest BCUT2D eigenvalue weighted by molar-refractivity contribution is 5.94. The first-order chi connectivity index (χ1) is 9.60. The van der Waals surface area contributed by atoms with E-state index in [4.69, 9.17) is 5.26 Å². The molecule has 0 atom stereocenters. The molecule has 0 saturated heterocycles. The SMILES string of the molecule is N#Cc1cc(F)cc(C(=O)NCc2ccncc2F)c1. The molecule has 100 valence electrons. The van der Waals surface area contributed by atoms with E-state index in [1.165, 1.54) is 18.3 Å². The maximum absolute atomic E-state index is 13.3. The van der Waals surface area contributed by atoms with Gasteiger partial charge in [-0.25, -0.2) is 8.78 Å². The van der Waals surface area contributed by atoms with Gasteiger partial charge in [-0.1, -0.05) is 0 Å². The summed E-state index contributed by atoms with van der Waals surface area (Å²) in [6.07, 6.45) is 2.44. The van der Waals surface area contributed by atoms with Gasteiger partial charge in [-0.05, 0) is 24.3 Å². The van der Waals surface area contributed by atoms with Crippen LogP contribution in [0.5, 0.6) is 0 Å². The van der Waals surface area contributed by atoms with Crippen molar-refractivity contribution in [1.82, 2.24) is 10.3 Å². The van der Waals surface area contributed by atoms with Crippen LogP contribution < -0.4 is 5.32 Å². The molecule has 0 saturated carbocycles. The molecule has 4 nitrogen and oxygen atoms in total. The number of halogens is 2. The Hall–Kier alpha value is -2.81. The van der Waals surface area contributed by atoms with E-state index in [0.29, 0.717) is 0 Å². The normalized spacial score (nSPS) is 9.85. The predicted octanol–water partition coefficient (Wildman–Crippen LogP) is 2.16. The van der Waals surface area contributed by atoms with Crippen molar-refractivity contribution >= 4 is 5.91 Å². The van der Waals surface area contributed by atoms with Crippen LogP contribution in [0.2, 0.25) is 0 Å². The molecular weight excluding hydrogens is 264 g/mol. The first-order valence-corrected chi connectivity index (χ1v) is 5.67. The summed E-state index contributed by atoms with van der Waals surface area (Å²) < 4.78 is 26.5. The van der Waals surface area contributed by atoms with Gasteiger partial charge in [0.25, 0.3) is 5.91 Å². The Morgan fingerprint density at radius 1 is 1.35 bits per heavy atom. The van der Waals surface area contributed by atoms with Gasteiger partial charge in [-0.2, -0.15) is 5.26 Å². The quantitative estimate of drug-likeness (QED) is 0.931. The Balaban J connectivity index is 2.11. The van der Waals surface area contributed by atoms with Crippen molar-refractivity contribution in [1.29, 1.82) is 5.26 Å². The number of nitriles is 1. The Kier molecular flexibility index (Phi) is 4.01. The van der Waals surface area contributed by atoms with Gasteiger partial charge in [0.2, 0.25) is 0 Å². The topological polar surface area (TPSA) is 65.8 Å². The zero-order chi connectivity index (χ0) is 14.5. The molecule has 1 N–H and O–H groups in total. The van der Waals surface area contributed by atoms with E-state index in [9.17, 15) is 13.6 Å². The number of nitrogens with one attached hydrogen (secondary N) is 1. The Morgan fingerprint density at radius 2 is 2.15 bits per heavy atom. The van der Waals surface area contributed by atoms with Gasteiger partial charge in [0.1, 0.15) is 11.6 Å². The summed E-state index contributed by atoms with van der Waals surface area (Å²) in [7, 11) is 0. The summed E-state index contributed by atoms with van der Waals surface area (Å²) in [5, 5.41) is 11.2. The molecule has 0 aliphatic carbocycles. The van der Waals surface area contributed by atoms with Crippen LogP contribution in [0.15, 0.2) is 36.7 Å². The van der Waals surface area contributed by atoms with Gasteiger partial charge in [0.05, 0.1) is 17.8 Å². The van der Waals surface area contributed by atoms with E-state index in [2.05, 4.69) is 10.3 Å². The van der Waals surface area contributed by atoms with Crippen molar-refractivity contribution in [3.8, 4) is 6.07 Å². The lowest BCUT2D eigenvalue weighted by atomic mass is 10.1. The van der Waals surface area contributed by atoms with E-state index in [-0.39, 0.29) is 23.2 Å². The van der Waals surface area contributed by atoms with E-state index < -0.39 is 17.5 Å². The minimum absolute atomic E-state index is 0.0102. The summed E-state index contributed by atoms with van der Waals surface area (Å²) in [5.74, 6) is -1.80. The van der Waals surface area contributed by atoms with Crippen molar-refractivity contribution < 1.29 is 13.6 Å². The monoisotopic (exact) mass is 273 g/mol. The fourth-order valence-electron chi connectivity index (χ4n) is 1.61. The van der Waals surface area contributed by atoms with Crippen LogP contribution in [0.1, 0.15) is 21.5 Å². The maximum atomic E-state index is 13.3. The minimum atomic E-state index is -0.677. The number of hydrogen-bond donors (Lipinski definition) is 1. The molecule has 2 aromatic rings. The third-order valence-electron chi connectivity index (χ3n) is 2.58. The van der Waals surface area contributed by atoms with Crippen molar-refractivity contribution in [2.45, 2.75) is 6.54 Å². The smallest absolute Gasteiger partial charge is 0.251 e. The van der Waals surface area contributed by atoms with Gasteiger partial charge in [-0.3, -0.25) is 9.78 Å². The molecule has 1 heterocycles. The van der Waals surface area contributed by atoms with E-state index in [1.807, 2.05) is 0 Å². The molecule has 2 rings (SSSR count). The highest BCUT2D eigenvalue weighted by Crippen LogP contribution is 2.09. The average Bonchev–Trinajstić information content (AvgIpc) is 2.45. The molecule has 6 heteroatoms. The second-order valence-corrected chi connectivity index (χ2v) is 3.99. The fraction of sp³-hybridized carbons (Fsp3) is 0.0714. The zero-order valence-electron chi connectivity index (χ0n) is 10.2. The van der Waals surface area contributed by atoms with Crippen molar-refractivity contribution in [3.05, 3.63) is 65.0 Å². The van der Waals surface area contributed by atoms with Crippen LogP contribution >= 0.6 is 0 Å². The number of pyridine rings is 1. The Labute approximate surface area is 113 Å². The van der Waals surface area contributed by atoms with E-state index in [1.54, 1.807) is 6.07 Å². The number of aromatic nitrogens is 1. The molecule has 0 unspecified atom stereocenters. The summed E-state index contributed by atoms with van der Waals surface area (Å²) in [4.78, 5) is 15.4. The summed E-state index contributed by atoms with van der Waals surface area (Å²) in [5.41, 5.74) is 0.325. The molecule has 0 radical (unpaired) electrons. The van der Waals surface area contributed by atoms with Crippen LogP contribution in [-0.2, 0) is 6.54 Å². The van der Waals surface area contributed by atoms with Crippen molar-refractivity contribution in [2.75, 3.05) is 0 Å². The number of carbonyl (C=O) groups is 1. The first kappa shape index (κ1) is 13.6. The highest BCUT2D eigenvalue weighted by atomic mass is 19.1. The number of hydrogen-bond acceptors (Lipinski definition) is 3. The lowest BCUT2D eigenvalue weighted by Gasteiger charge is -2.06. The molecule has 0 bridgehead atoms. The predicted molar refractivity (Wildman–Crippen MR) is 66.5 cm³/mol. The largest absolute Gasteiger partial charge is 0.348 e. The summed E-state index contributed by atoms with van der Waals surface area (Å²) >= 11 is 0. The number of rotatable bonds is 3.